The van der Waals surface area contributed by atoms with Crippen LogP contribution < -0.4 is 14.2 Å². The molecule has 4 atom stereocenters. The number of hydrogen-bond donors (Lipinski definition) is 0. The molecule has 0 spiro atoms. The minimum absolute atomic E-state index is 0.0346. The summed E-state index contributed by atoms with van der Waals surface area (Å²) in [5.41, 5.74) is -2.92. The largest absolute Gasteiger partial charge is 0.516 e. The lowest BCUT2D eigenvalue weighted by Gasteiger charge is -2.31. The van der Waals surface area contributed by atoms with E-state index in [1.165, 1.54) is 38.3 Å². The van der Waals surface area contributed by atoms with Crippen LogP contribution in [0.3, 0.4) is 0 Å². The summed E-state index contributed by atoms with van der Waals surface area (Å²) in [6.07, 6.45) is -8.06. The summed E-state index contributed by atoms with van der Waals surface area (Å²) in [4.78, 5) is 12.3. The molecule has 0 radical (unpaired) electrons. The van der Waals surface area contributed by atoms with Crippen molar-refractivity contribution in [3.05, 3.63) is 53.6 Å². The van der Waals surface area contributed by atoms with Crippen molar-refractivity contribution in [1.29, 1.82) is 0 Å². The zero-order valence-electron chi connectivity index (χ0n) is 18.0. The third-order valence-corrected chi connectivity index (χ3v) is 5.74. The Morgan fingerprint density at radius 3 is 2.15 bits per heavy atom. The molecule has 0 bridgehead atoms. The van der Waals surface area contributed by atoms with Crippen LogP contribution in [0.2, 0.25) is 0 Å². The van der Waals surface area contributed by atoms with Gasteiger partial charge in [0.25, 0.3) is 0 Å². The molecule has 11 heteroatoms. The monoisotopic (exact) mass is 476 g/mol. The van der Waals surface area contributed by atoms with E-state index in [4.69, 9.17) is 23.7 Å². The zero-order chi connectivity index (χ0) is 24.6. The molecule has 0 N–H and O–H groups in total. The van der Waals surface area contributed by atoms with Gasteiger partial charge in [-0.15, -0.1) is 0 Å². The minimum atomic E-state index is -4.87. The number of carbonyl (C=O) groups is 1. The van der Waals surface area contributed by atoms with Crippen molar-refractivity contribution in [1.82, 2.24) is 0 Å². The van der Waals surface area contributed by atoms with Gasteiger partial charge in [0.2, 0.25) is 12.1 Å². The van der Waals surface area contributed by atoms with Gasteiger partial charge >= 0.3 is 12.3 Å². The Bertz CT molecular complexity index is 1010. The number of benzene rings is 2. The first-order valence-corrected chi connectivity index (χ1v) is 9.72. The maximum absolute atomic E-state index is 14.3. The van der Waals surface area contributed by atoms with E-state index in [1.54, 1.807) is 0 Å². The van der Waals surface area contributed by atoms with Gasteiger partial charge in [0.1, 0.15) is 11.5 Å². The molecule has 2 aromatic carbocycles. The van der Waals surface area contributed by atoms with E-state index in [-0.39, 0.29) is 11.3 Å². The standard InChI is InChI=1S/C22H21F5O6/c1-11-16(14-9-10-15(23)17(24)18(14)30-4)19(33-21(11,2)22(25,26)27)32-20(28)31-13-7-5-12(29-3)6-8-13/h5-11,16,19H,1-4H3/t11-,16-,19+,21+/m0/s1. The van der Waals surface area contributed by atoms with Crippen molar-refractivity contribution in [2.75, 3.05) is 14.2 Å². The molecule has 2 aromatic rings. The summed E-state index contributed by atoms with van der Waals surface area (Å²) in [5.74, 6) is -5.47. The van der Waals surface area contributed by atoms with Crippen molar-refractivity contribution >= 4 is 6.16 Å². The second-order valence-electron chi connectivity index (χ2n) is 7.53. The van der Waals surface area contributed by atoms with Crippen LogP contribution in [0.15, 0.2) is 36.4 Å². The summed E-state index contributed by atoms with van der Waals surface area (Å²) in [6.45, 7) is 1.99. The van der Waals surface area contributed by atoms with Crippen molar-refractivity contribution in [3.8, 4) is 17.2 Å². The first-order chi connectivity index (χ1) is 15.4. The molecule has 1 fully saturated rings. The molecule has 33 heavy (non-hydrogen) atoms. The molecular weight excluding hydrogens is 455 g/mol. The van der Waals surface area contributed by atoms with Crippen LogP contribution in [0.1, 0.15) is 25.3 Å². The molecule has 1 aliphatic rings. The highest BCUT2D eigenvalue weighted by atomic mass is 19.4. The summed E-state index contributed by atoms with van der Waals surface area (Å²) < 4.78 is 94.7. The number of methoxy groups -OCH3 is 2. The average molecular weight is 476 g/mol. The van der Waals surface area contributed by atoms with Crippen molar-refractivity contribution in [2.45, 2.75) is 37.8 Å². The van der Waals surface area contributed by atoms with Crippen molar-refractivity contribution in [2.24, 2.45) is 5.92 Å². The van der Waals surface area contributed by atoms with Gasteiger partial charge in [0, 0.05) is 11.5 Å². The van der Waals surface area contributed by atoms with Crippen LogP contribution in [0.25, 0.3) is 0 Å². The van der Waals surface area contributed by atoms with E-state index >= 15 is 0 Å². The maximum atomic E-state index is 14.3. The van der Waals surface area contributed by atoms with Crippen LogP contribution in [-0.4, -0.2) is 38.4 Å². The maximum Gasteiger partial charge on any atom is 0.516 e. The average Bonchev–Trinajstić information content (AvgIpc) is 3.01. The van der Waals surface area contributed by atoms with Crippen molar-refractivity contribution < 1.29 is 50.4 Å². The van der Waals surface area contributed by atoms with Crippen LogP contribution in [0.5, 0.6) is 17.2 Å². The number of carbonyl (C=O) groups excluding carboxylic acids is 1. The van der Waals surface area contributed by atoms with E-state index < -0.39 is 53.4 Å². The fraction of sp³-hybridized carbons (Fsp3) is 0.409. The summed E-state index contributed by atoms with van der Waals surface area (Å²) in [6, 6.07) is 7.56. The van der Waals surface area contributed by atoms with E-state index in [1.807, 2.05) is 0 Å². The first kappa shape index (κ1) is 24.6. The van der Waals surface area contributed by atoms with Crippen LogP contribution >= 0.6 is 0 Å². The smallest absolute Gasteiger partial charge is 0.497 e. The Hall–Kier alpha value is -3.08. The quantitative estimate of drug-likeness (QED) is 0.318. The lowest BCUT2D eigenvalue weighted by atomic mass is 9.79. The van der Waals surface area contributed by atoms with E-state index in [0.717, 1.165) is 26.2 Å². The third-order valence-electron chi connectivity index (χ3n) is 5.74. The molecule has 1 heterocycles. The number of alkyl halides is 3. The van der Waals surface area contributed by atoms with E-state index in [2.05, 4.69) is 0 Å². The summed E-state index contributed by atoms with van der Waals surface area (Å²) >= 11 is 0. The van der Waals surface area contributed by atoms with E-state index in [9.17, 15) is 26.7 Å². The van der Waals surface area contributed by atoms with Crippen LogP contribution in [0, 0.1) is 17.6 Å². The lowest BCUT2D eigenvalue weighted by molar-refractivity contribution is -0.291. The minimum Gasteiger partial charge on any atom is -0.497 e. The Morgan fingerprint density at radius 1 is 1.00 bits per heavy atom. The van der Waals surface area contributed by atoms with Gasteiger partial charge in [-0.25, -0.2) is 9.18 Å². The summed E-state index contributed by atoms with van der Waals surface area (Å²) in [7, 11) is 2.48. The number of halogens is 5. The second kappa shape index (κ2) is 9.05. The predicted octanol–water partition coefficient (Wildman–Crippen LogP) is 5.59. The zero-order valence-corrected chi connectivity index (χ0v) is 18.0. The molecule has 6 nitrogen and oxygen atoms in total. The molecule has 0 aliphatic carbocycles. The predicted molar refractivity (Wildman–Crippen MR) is 104 cm³/mol. The highest BCUT2D eigenvalue weighted by molar-refractivity contribution is 5.64. The Morgan fingerprint density at radius 2 is 1.61 bits per heavy atom. The Labute approximate surface area is 186 Å². The van der Waals surface area contributed by atoms with Crippen LogP contribution in [0.4, 0.5) is 26.7 Å². The van der Waals surface area contributed by atoms with Crippen LogP contribution in [-0.2, 0) is 9.47 Å². The van der Waals surface area contributed by atoms with Gasteiger partial charge < -0.3 is 23.7 Å². The fourth-order valence-electron chi connectivity index (χ4n) is 3.71. The van der Waals surface area contributed by atoms with Gasteiger partial charge in [-0.3, -0.25) is 0 Å². The molecule has 0 saturated carbocycles. The number of hydrogen-bond acceptors (Lipinski definition) is 6. The highest BCUT2D eigenvalue weighted by Crippen LogP contribution is 2.55. The number of ether oxygens (including phenoxy) is 5. The number of rotatable bonds is 5. The van der Waals surface area contributed by atoms with Gasteiger partial charge in [0.15, 0.2) is 17.2 Å². The highest BCUT2D eigenvalue weighted by Gasteiger charge is 2.65. The molecule has 0 amide bonds. The van der Waals surface area contributed by atoms with E-state index in [0.29, 0.717) is 5.75 Å². The lowest BCUT2D eigenvalue weighted by Crippen LogP contribution is -2.47. The molecule has 1 aliphatic heterocycles. The topological polar surface area (TPSA) is 63.2 Å². The molecule has 0 unspecified atom stereocenters. The fourth-order valence-corrected chi connectivity index (χ4v) is 3.71. The summed E-state index contributed by atoms with van der Waals surface area (Å²) in [5, 5.41) is 0. The second-order valence-corrected chi connectivity index (χ2v) is 7.53. The molecule has 0 aromatic heterocycles. The van der Waals surface area contributed by atoms with Crippen molar-refractivity contribution in [3.63, 3.8) is 0 Å². The Balaban J connectivity index is 1.95. The van der Waals surface area contributed by atoms with Gasteiger partial charge in [-0.2, -0.15) is 17.6 Å². The van der Waals surface area contributed by atoms with Gasteiger partial charge in [-0.05, 0) is 37.3 Å². The van der Waals surface area contributed by atoms with Gasteiger partial charge in [0.05, 0.1) is 20.1 Å². The molecule has 3 rings (SSSR count). The normalized spacial score (nSPS) is 24.9. The SMILES string of the molecule is COc1ccc(OC(=O)O[C@@H]2O[C@@](C)(C(F)(F)F)[C@@H](C)[C@H]2c2ccc(F)c(F)c2OC)cc1. The first-order valence-electron chi connectivity index (χ1n) is 9.72. The molecular formula is C22H21F5O6. The third kappa shape index (κ3) is 4.54. The molecule has 180 valence electrons. The van der Waals surface area contributed by atoms with Gasteiger partial charge in [-0.1, -0.05) is 13.0 Å². The Kier molecular flexibility index (Phi) is 6.73. The molecule has 1 saturated heterocycles.